The quantitative estimate of drug-likeness (QED) is 0.204. The molecule has 3 aromatic carbocycles. The lowest BCUT2D eigenvalue weighted by Crippen LogP contribution is -2.33. The van der Waals surface area contributed by atoms with E-state index in [0.717, 1.165) is 47.6 Å². The first-order valence-electron chi connectivity index (χ1n) is 12.6. The molecule has 1 fully saturated rings. The molecule has 0 atom stereocenters. The first-order chi connectivity index (χ1) is 17.6. The molecule has 0 radical (unpaired) electrons. The molecule has 1 N–H and O–H groups in total. The first kappa shape index (κ1) is 25.1. The van der Waals surface area contributed by atoms with E-state index in [1.165, 1.54) is 0 Å². The molecule has 0 aliphatic heterocycles. The molecule has 0 spiro atoms. The molecule has 184 valence electrons. The predicted molar refractivity (Wildman–Crippen MR) is 144 cm³/mol. The number of carbonyl (C=O) groups excluding carboxylic acids is 1. The average molecular weight is 481 g/mol. The van der Waals surface area contributed by atoms with Crippen LogP contribution in [0.25, 0.3) is 16.8 Å². The minimum absolute atomic E-state index is 0.0818. The average Bonchev–Trinajstić information content (AvgIpc) is 3.40. The SMILES string of the molecule is C=CCc1cc(/C=C(/C#N)C(=O)NC2CCCC2)cc(OCC)c1OCc1cccc2ccccc12. The molecule has 1 amide bonds. The Morgan fingerprint density at radius 3 is 2.64 bits per heavy atom. The lowest BCUT2D eigenvalue weighted by Gasteiger charge is -2.18. The van der Waals surface area contributed by atoms with Crippen LogP contribution in [-0.2, 0) is 17.8 Å². The van der Waals surface area contributed by atoms with E-state index in [2.05, 4.69) is 42.2 Å². The summed E-state index contributed by atoms with van der Waals surface area (Å²) in [4.78, 5) is 12.7. The van der Waals surface area contributed by atoms with Crippen molar-refractivity contribution in [3.63, 3.8) is 0 Å². The van der Waals surface area contributed by atoms with Crippen LogP contribution in [0.4, 0.5) is 0 Å². The largest absolute Gasteiger partial charge is 0.490 e. The Labute approximate surface area is 213 Å². The van der Waals surface area contributed by atoms with Crippen LogP contribution < -0.4 is 14.8 Å². The smallest absolute Gasteiger partial charge is 0.262 e. The van der Waals surface area contributed by atoms with Gasteiger partial charge in [0.2, 0.25) is 0 Å². The second-order valence-corrected chi connectivity index (χ2v) is 8.98. The summed E-state index contributed by atoms with van der Waals surface area (Å²) in [6, 6.07) is 20.4. The third-order valence-electron chi connectivity index (χ3n) is 6.44. The Bertz CT molecular complexity index is 1310. The second kappa shape index (κ2) is 12.1. The van der Waals surface area contributed by atoms with Gasteiger partial charge in [-0.05, 0) is 66.3 Å². The second-order valence-electron chi connectivity index (χ2n) is 8.98. The molecule has 0 unspecified atom stereocenters. The summed E-state index contributed by atoms with van der Waals surface area (Å²) in [5.41, 5.74) is 2.76. The standard InChI is InChI=1S/C31H32N2O3/c1-3-10-24-17-22(18-26(20-32)31(34)33-27-14-6-7-15-27)19-29(35-4-2)30(24)36-21-25-13-9-12-23-11-5-8-16-28(23)25/h3,5,8-9,11-13,16-19,27H,1,4,6-7,10,14-15,21H2,2H3,(H,33,34)/b26-18-. The fourth-order valence-electron chi connectivity index (χ4n) is 4.72. The van der Waals surface area contributed by atoms with Crippen LogP contribution in [0, 0.1) is 11.3 Å². The maximum absolute atomic E-state index is 12.7. The number of hydrogen-bond donors (Lipinski definition) is 1. The van der Waals surface area contributed by atoms with Gasteiger partial charge in [0, 0.05) is 11.6 Å². The van der Waals surface area contributed by atoms with E-state index in [1.54, 1.807) is 12.2 Å². The van der Waals surface area contributed by atoms with Gasteiger partial charge >= 0.3 is 0 Å². The molecule has 0 heterocycles. The van der Waals surface area contributed by atoms with Gasteiger partial charge in [-0.3, -0.25) is 4.79 Å². The number of fused-ring (bicyclic) bond motifs is 1. The van der Waals surface area contributed by atoms with Gasteiger partial charge in [-0.2, -0.15) is 5.26 Å². The number of nitrogens with zero attached hydrogens (tertiary/aromatic N) is 1. The van der Waals surface area contributed by atoms with E-state index in [0.29, 0.717) is 36.7 Å². The molecular formula is C31H32N2O3. The Hall–Kier alpha value is -4.04. The van der Waals surface area contributed by atoms with Crippen molar-refractivity contribution >= 4 is 22.8 Å². The summed E-state index contributed by atoms with van der Waals surface area (Å²) in [5, 5.41) is 15.0. The summed E-state index contributed by atoms with van der Waals surface area (Å²) in [6.07, 6.45) is 8.13. The summed E-state index contributed by atoms with van der Waals surface area (Å²) in [6.45, 7) is 6.65. The van der Waals surface area contributed by atoms with E-state index in [-0.39, 0.29) is 17.5 Å². The van der Waals surface area contributed by atoms with Gasteiger partial charge in [-0.15, -0.1) is 6.58 Å². The van der Waals surface area contributed by atoms with Crippen molar-refractivity contribution < 1.29 is 14.3 Å². The van der Waals surface area contributed by atoms with Gasteiger partial charge in [0.1, 0.15) is 18.2 Å². The fraction of sp³-hybridized carbons (Fsp3) is 0.290. The molecule has 4 rings (SSSR count). The van der Waals surface area contributed by atoms with Crippen molar-refractivity contribution in [1.82, 2.24) is 5.32 Å². The minimum Gasteiger partial charge on any atom is -0.490 e. The number of hydrogen-bond acceptors (Lipinski definition) is 4. The van der Waals surface area contributed by atoms with E-state index >= 15 is 0 Å². The van der Waals surface area contributed by atoms with Crippen LogP contribution >= 0.6 is 0 Å². The van der Waals surface area contributed by atoms with E-state index in [1.807, 2.05) is 37.3 Å². The van der Waals surface area contributed by atoms with Crippen molar-refractivity contribution in [3.05, 3.63) is 89.5 Å². The third kappa shape index (κ3) is 5.95. The van der Waals surface area contributed by atoms with Crippen LogP contribution in [0.1, 0.15) is 49.3 Å². The zero-order chi connectivity index (χ0) is 25.3. The number of allylic oxidation sites excluding steroid dienone is 1. The number of carbonyl (C=O) groups is 1. The molecule has 5 heteroatoms. The lowest BCUT2D eigenvalue weighted by atomic mass is 10.0. The predicted octanol–water partition coefficient (Wildman–Crippen LogP) is 6.51. The van der Waals surface area contributed by atoms with Crippen molar-refractivity contribution in [1.29, 1.82) is 5.26 Å². The Balaban J connectivity index is 1.64. The van der Waals surface area contributed by atoms with Crippen LogP contribution in [-0.4, -0.2) is 18.6 Å². The van der Waals surface area contributed by atoms with Crippen molar-refractivity contribution in [2.24, 2.45) is 0 Å². The van der Waals surface area contributed by atoms with Crippen LogP contribution in [0.2, 0.25) is 0 Å². The van der Waals surface area contributed by atoms with Crippen molar-refractivity contribution in [2.75, 3.05) is 6.61 Å². The van der Waals surface area contributed by atoms with Gasteiger partial charge in [-0.25, -0.2) is 0 Å². The summed E-state index contributed by atoms with van der Waals surface area (Å²) >= 11 is 0. The van der Waals surface area contributed by atoms with Crippen LogP contribution in [0.5, 0.6) is 11.5 Å². The molecule has 1 aliphatic carbocycles. The Morgan fingerprint density at radius 1 is 1.11 bits per heavy atom. The van der Waals surface area contributed by atoms with Crippen LogP contribution in [0.15, 0.2) is 72.8 Å². The maximum Gasteiger partial charge on any atom is 0.262 e. The van der Waals surface area contributed by atoms with Gasteiger partial charge in [0.25, 0.3) is 5.91 Å². The maximum atomic E-state index is 12.7. The highest BCUT2D eigenvalue weighted by Gasteiger charge is 2.20. The van der Waals surface area contributed by atoms with Gasteiger partial charge in [0.05, 0.1) is 6.61 Å². The topological polar surface area (TPSA) is 71.4 Å². The summed E-state index contributed by atoms with van der Waals surface area (Å²) in [5.74, 6) is 0.900. The molecular weight excluding hydrogens is 448 g/mol. The Kier molecular flexibility index (Phi) is 8.41. The minimum atomic E-state index is -0.330. The van der Waals surface area contributed by atoms with E-state index < -0.39 is 0 Å². The highest BCUT2D eigenvalue weighted by atomic mass is 16.5. The third-order valence-corrected chi connectivity index (χ3v) is 6.44. The highest BCUT2D eigenvalue weighted by Crippen LogP contribution is 2.36. The highest BCUT2D eigenvalue weighted by molar-refractivity contribution is 6.02. The number of amides is 1. The zero-order valence-corrected chi connectivity index (χ0v) is 20.8. The fourth-order valence-corrected chi connectivity index (χ4v) is 4.72. The molecule has 3 aromatic rings. The molecule has 1 aliphatic rings. The van der Waals surface area contributed by atoms with Crippen molar-refractivity contribution in [2.45, 2.75) is 51.7 Å². The summed E-state index contributed by atoms with van der Waals surface area (Å²) in [7, 11) is 0. The summed E-state index contributed by atoms with van der Waals surface area (Å²) < 4.78 is 12.3. The normalized spacial score (nSPS) is 13.8. The molecule has 1 saturated carbocycles. The molecule has 5 nitrogen and oxygen atoms in total. The van der Waals surface area contributed by atoms with Crippen LogP contribution in [0.3, 0.4) is 0 Å². The van der Waals surface area contributed by atoms with Crippen molar-refractivity contribution in [3.8, 4) is 17.6 Å². The van der Waals surface area contributed by atoms with E-state index in [9.17, 15) is 10.1 Å². The number of ether oxygens (including phenoxy) is 2. The van der Waals surface area contributed by atoms with Gasteiger partial charge in [-0.1, -0.05) is 61.4 Å². The monoisotopic (exact) mass is 480 g/mol. The number of nitriles is 1. The van der Waals surface area contributed by atoms with Gasteiger partial charge in [0.15, 0.2) is 11.5 Å². The molecule has 0 bridgehead atoms. The number of benzene rings is 3. The molecule has 36 heavy (non-hydrogen) atoms. The van der Waals surface area contributed by atoms with Gasteiger partial charge < -0.3 is 14.8 Å². The molecule has 0 saturated heterocycles. The zero-order valence-electron chi connectivity index (χ0n) is 20.8. The number of nitrogens with one attached hydrogen (secondary N) is 1. The number of rotatable bonds is 10. The first-order valence-corrected chi connectivity index (χ1v) is 12.6. The Morgan fingerprint density at radius 2 is 1.89 bits per heavy atom. The molecule has 0 aromatic heterocycles. The lowest BCUT2D eigenvalue weighted by molar-refractivity contribution is -0.117. The van der Waals surface area contributed by atoms with E-state index in [4.69, 9.17) is 9.47 Å².